The summed E-state index contributed by atoms with van der Waals surface area (Å²) in [6.45, 7) is 0. The largest absolute Gasteiger partial charge is 0.490 e. The second-order valence-electron chi connectivity index (χ2n) is 5.55. The predicted octanol–water partition coefficient (Wildman–Crippen LogP) is 3.24. The van der Waals surface area contributed by atoms with Gasteiger partial charge in [-0.1, -0.05) is 24.6 Å². The molecule has 0 radical (unpaired) electrons. The van der Waals surface area contributed by atoms with Gasteiger partial charge in [0.15, 0.2) is 0 Å². The second-order valence-corrected chi connectivity index (χ2v) is 5.55. The molecule has 0 amide bonds. The van der Waals surface area contributed by atoms with Gasteiger partial charge < -0.3 is 9.64 Å². The number of para-hydroxylation sites is 1. The summed E-state index contributed by atoms with van der Waals surface area (Å²) in [5.74, 6) is 1.78. The smallest absolute Gasteiger partial charge is 0.124 e. The third kappa shape index (κ3) is 1.85. The molecule has 92 valence electrons. The Kier molecular flexibility index (Phi) is 2.83. The fourth-order valence-corrected chi connectivity index (χ4v) is 3.52. The fourth-order valence-electron chi connectivity index (χ4n) is 3.52. The Morgan fingerprint density at radius 2 is 1.88 bits per heavy atom. The van der Waals surface area contributed by atoms with Crippen molar-refractivity contribution >= 4 is 0 Å². The summed E-state index contributed by atoms with van der Waals surface area (Å²) < 4.78 is 6.19. The Labute approximate surface area is 104 Å². The average Bonchev–Trinajstić information content (AvgIpc) is 2.35. The van der Waals surface area contributed by atoms with E-state index in [0.717, 1.165) is 5.75 Å². The average molecular weight is 231 g/mol. The van der Waals surface area contributed by atoms with E-state index in [1.807, 2.05) is 0 Å². The number of rotatable bonds is 1. The van der Waals surface area contributed by atoms with E-state index in [2.05, 4.69) is 43.3 Å². The number of fused-ring (bicyclic) bond motifs is 2. The first-order chi connectivity index (χ1) is 8.27. The first-order valence-electron chi connectivity index (χ1n) is 6.69. The summed E-state index contributed by atoms with van der Waals surface area (Å²) in [6.07, 6.45) is 5.65. The zero-order chi connectivity index (χ0) is 11.8. The highest BCUT2D eigenvalue weighted by Gasteiger charge is 2.40. The Balaban J connectivity index is 2.02. The molecule has 0 saturated heterocycles. The standard InChI is InChI=1S/C15H21NO/c1-16(2)15-11-7-3-5-9-13(11)17-14-10-6-4-8-12(14)15/h3,5,7,9,12,14-15H,4,6,8,10H2,1-2H3. The third-order valence-electron chi connectivity index (χ3n) is 4.23. The van der Waals surface area contributed by atoms with Crippen molar-refractivity contribution in [1.82, 2.24) is 4.90 Å². The van der Waals surface area contributed by atoms with E-state index in [1.165, 1.54) is 31.2 Å². The molecular formula is C15H21NO. The first-order valence-corrected chi connectivity index (χ1v) is 6.69. The Hall–Kier alpha value is -1.02. The quantitative estimate of drug-likeness (QED) is 0.735. The number of hydrogen-bond donors (Lipinski definition) is 0. The molecule has 3 unspecified atom stereocenters. The van der Waals surface area contributed by atoms with Crippen molar-refractivity contribution < 1.29 is 4.74 Å². The van der Waals surface area contributed by atoms with Crippen LogP contribution in [0.2, 0.25) is 0 Å². The third-order valence-corrected chi connectivity index (χ3v) is 4.23. The molecule has 2 nitrogen and oxygen atoms in total. The van der Waals surface area contributed by atoms with E-state index >= 15 is 0 Å². The topological polar surface area (TPSA) is 12.5 Å². The van der Waals surface area contributed by atoms with Gasteiger partial charge in [0.05, 0.1) is 0 Å². The van der Waals surface area contributed by atoms with Crippen LogP contribution in [0.25, 0.3) is 0 Å². The molecule has 1 aromatic rings. The van der Waals surface area contributed by atoms with Crippen LogP contribution in [0, 0.1) is 5.92 Å². The van der Waals surface area contributed by atoms with Crippen LogP contribution in [-0.2, 0) is 0 Å². The van der Waals surface area contributed by atoms with Crippen molar-refractivity contribution in [3.63, 3.8) is 0 Å². The van der Waals surface area contributed by atoms with E-state index in [9.17, 15) is 0 Å². The molecule has 3 rings (SSSR count). The van der Waals surface area contributed by atoms with Gasteiger partial charge in [-0.2, -0.15) is 0 Å². The van der Waals surface area contributed by atoms with E-state index in [-0.39, 0.29) is 0 Å². The highest BCUT2D eigenvalue weighted by atomic mass is 16.5. The maximum absolute atomic E-state index is 6.19. The van der Waals surface area contributed by atoms with Gasteiger partial charge in [0.1, 0.15) is 11.9 Å². The van der Waals surface area contributed by atoms with Gasteiger partial charge in [0.25, 0.3) is 0 Å². The maximum atomic E-state index is 6.19. The van der Waals surface area contributed by atoms with Gasteiger partial charge in [-0.25, -0.2) is 0 Å². The minimum absolute atomic E-state index is 0.436. The van der Waals surface area contributed by atoms with Crippen LogP contribution in [0.15, 0.2) is 24.3 Å². The SMILES string of the molecule is CN(C)C1c2ccccc2OC2CCCCC21. The Bertz CT molecular complexity index is 402. The summed E-state index contributed by atoms with van der Waals surface area (Å²) >= 11 is 0. The van der Waals surface area contributed by atoms with Crippen molar-refractivity contribution in [1.29, 1.82) is 0 Å². The number of ether oxygens (including phenoxy) is 1. The van der Waals surface area contributed by atoms with Gasteiger partial charge in [-0.05, 0) is 39.4 Å². The van der Waals surface area contributed by atoms with Crippen LogP contribution < -0.4 is 4.74 Å². The zero-order valence-electron chi connectivity index (χ0n) is 10.7. The monoisotopic (exact) mass is 231 g/mol. The highest BCUT2D eigenvalue weighted by Crippen LogP contribution is 2.46. The molecule has 1 fully saturated rings. The van der Waals surface area contributed by atoms with Crippen molar-refractivity contribution in [3.8, 4) is 5.75 Å². The molecule has 1 heterocycles. The fraction of sp³-hybridized carbons (Fsp3) is 0.600. The molecule has 0 bridgehead atoms. The van der Waals surface area contributed by atoms with Gasteiger partial charge in [-0.3, -0.25) is 0 Å². The lowest BCUT2D eigenvalue weighted by molar-refractivity contribution is 0.0162. The molecule has 2 heteroatoms. The van der Waals surface area contributed by atoms with Crippen LogP contribution in [-0.4, -0.2) is 25.1 Å². The maximum Gasteiger partial charge on any atom is 0.124 e. The van der Waals surface area contributed by atoms with Crippen molar-refractivity contribution in [2.75, 3.05) is 14.1 Å². The molecule has 1 aliphatic heterocycles. The normalized spacial score (nSPS) is 31.6. The minimum Gasteiger partial charge on any atom is -0.490 e. The summed E-state index contributed by atoms with van der Waals surface area (Å²) in [4.78, 5) is 2.37. The molecule has 0 N–H and O–H groups in total. The summed E-state index contributed by atoms with van der Waals surface area (Å²) in [5, 5.41) is 0. The molecule has 1 saturated carbocycles. The van der Waals surface area contributed by atoms with E-state index < -0.39 is 0 Å². The molecule has 2 aliphatic rings. The number of benzene rings is 1. The molecule has 1 aromatic carbocycles. The van der Waals surface area contributed by atoms with Crippen LogP contribution in [0.3, 0.4) is 0 Å². The molecule has 3 atom stereocenters. The van der Waals surface area contributed by atoms with Crippen LogP contribution >= 0.6 is 0 Å². The Morgan fingerprint density at radius 3 is 2.71 bits per heavy atom. The first kappa shape index (κ1) is 11.1. The van der Waals surface area contributed by atoms with E-state index in [1.54, 1.807) is 0 Å². The molecule has 0 aromatic heterocycles. The highest BCUT2D eigenvalue weighted by molar-refractivity contribution is 5.38. The van der Waals surface area contributed by atoms with Crippen molar-refractivity contribution in [2.45, 2.75) is 37.8 Å². The summed E-state index contributed by atoms with van der Waals surface area (Å²) in [6, 6.07) is 9.09. The van der Waals surface area contributed by atoms with Crippen LogP contribution in [0.5, 0.6) is 5.75 Å². The summed E-state index contributed by atoms with van der Waals surface area (Å²) in [5.41, 5.74) is 1.38. The van der Waals surface area contributed by atoms with Gasteiger partial charge in [0, 0.05) is 17.5 Å². The van der Waals surface area contributed by atoms with E-state index in [0.29, 0.717) is 18.1 Å². The van der Waals surface area contributed by atoms with Crippen molar-refractivity contribution in [2.24, 2.45) is 5.92 Å². The number of hydrogen-bond acceptors (Lipinski definition) is 2. The lowest BCUT2D eigenvalue weighted by Crippen LogP contribution is -2.43. The minimum atomic E-state index is 0.436. The number of nitrogens with zero attached hydrogens (tertiary/aromatic N) is 1. The van der Waals surface area contributed by atoms with Gasteiger partial charge in [-0.15, -0.1) is 0 Å². The van der Waals surface area contributed by atoms with Crippen LogP contribution in [0.1, 0.15) is 37.3 Å². The van der Waals surface area contributed by atoms with Gasteiger partial charge >= 0.3 is 0 Å². The summed E-state index contributed by atoms with van der Waals surface area (Å²) in [7, 11) is 4.39. The van der Waals surface area contributed by atoms with E-state index in [4.69, 9.17) is 4.74 Å². The van der Waals surface area contributed by atoms with Crippen molar-refractivity contribution in [3.05, 3.63) is 29.8 Å². The van der Waals surface area contributed by atoms with Crippen LogP contribution in [0.4, 0.5) is 0 Å². The Morgan fingerprint density at radius 1 is 1.12 bits per heavy atom. The van der Waals surface area contributed by atoms with Gasteiger partial charge in [0.2, 0.25) is 0 Å². The lowest BCUT2D eigenvalue weighted by atomic mass is 9.76. The molecule has 17 heavy (non-hydrogen) atoms. The molecular weight excluding hydrogens is 210 g/mol. The predicted molar refractivity (Wildman–Crippen MR) is 69.2 cm³/mol. The zero-order valence-corrected chi connectivity index (χ0v) is 10.7. The second kappa shape index (κ2) is 4.34. The lowest BCUT2D eigenvalue weighted by Gasteiger charge is -2.44. The molecule has 1 aliphatic carbocycles. The molecule has 0 spiro atoms.